The zero-order valence-electron chi connectivity index (χ0n) is 15.7. The van der Waals surface area contributed by atoms with Gasteiger partial charge >= 0.3 is 0 Å². The lowest BCUT2D eigenvalue weighted by Crippen LogP contribution is -2.32. The number of benzene rings is 2. The van der Waals surface area contributed by atoms with E-state index in [0.717, 1.165) is 35.9 Å². The third-order valence-electron chi connectivity index (χ3n) is 5.14. The van der Waals surface area contributed by atoms with Gasteiger partial charge in [0, 0.05) is 22.8 Å². The summed E-state index contributed by atoms with van der Waals surface area (Å²) in [6, 6.07) is 7.16. The number of ketones is 1. The quantitative estimate of drug-likeness (QED) is 0.511. The van der Waals surface area contributed by atoms with Crippen LogP contribution < -0.4 is 9.64 Å². The third-order valence-corrected chi connectivity index (χ3v) is 5.43. The topological polar surface area (TPSA) is 63.7 Å². The predicted molar refractivity (Wildman–Crippen MR) is 106 cm³/mol. The van der Waals surface area contributed by atoms with Gasteiger partial charge in [0.15, 0.2) is 12.4 Å². The Morgan fingerprint density at radius 3 is 2.33 bits per heavy atom. The van der Waals surface area contributed by atoms with E-state index < -0.39 is 35.8 Å². The van der Waals surface area contributed by atoms with Gasteiger partial charge in [-0.2, -0.15) is 0 Å². The Morgan fingerprint density at radius 2 is 1.70 bits per heavy atom. The number of carbonyl (C=O) groups excluding carboxylic acids is 3. The van der Waals surface area contributed by atoms with Crippen LogP contribution in [0.4, 0.5) is 14.5 Å². The molecule has 154 valence electrons. The molecule has 1 aliphatic carbocycles. The maximum absolute atomic E-state index is 14.6. The fourth-order valence-electron chi connectivity index (χ4n) is 3.65. The number of hydrogen-bond donors (Lipinski definition) is 0. The van der Waals surface area contributed by atoms with Crippen molar-refractivity contribution in [3.05, 3.63) is 69.8 Å². The molecule has 0 radical (unpaired) electrons. The molecule has 1 heterocycles. The predicted octanol–water partition coefficient (Wildman–Crippen LogP) is 4.62. The van der Waals surface area contributed by atoms with Gasteiger partial charge in [0.25, 0.3) is 11.8 Å². The van der Waals surface area contributed by atoms with Gasteiger partial charge in [0.1, 0.15) is 17.4 Å². The molecule has 4 rings (SSSR count). The number of rotatable bonds is 5. The zero-order valence-corrected chi connectivity index (χ0v) is 16.5. The summed E-state index contributed by atoms with van der Waals surface area (Å²) in [7, 11) is 0. The van der Waals surface area contributed by atoms with Crippen LogP contribution in [0.25, 0.3) is 0 Å². The van der Waals surface area contributed by atoms with Crippen LogP contribution >= 0.6 is 11.6 Å². The minimum Gasteiger partial charge on any atom is -0.484 e. The van der Waals surface area contributed by atoms with E-state index in [-0.39, 0.29) is 22.0 Å². The molecule has 2 aromatic carbocycles. The van der Waals surface area contributed by atoms with Gasteiger partial charge in [-0.1, -0.05) is 23.7 Å². The van der Waals surface area contributed by atoms with Gasteiger partial charge in [0.05, 0.1) is 10.7 Å². The van der Waals surface area contributed by atoms with Crippen LogP contribution in [-0.4, -0.2) is 24.2 Å². The molecule has 0 fully saturated rings. The summed E-state index contributed by atoms with van der Waals surface area (Å²) in [6.07, 6.45) is 2.56. The lowest BCUT2D eigenvalue weighted by Gasteiger charge is -2.18. The Balaban J connectivity index is 1.58. The second kappa shape index (κ2) is 7.99. The van der Waals surface area contributed by atoms with E-state index in [1.165, 1.54) is 18.2 Å². The highest BCUT2D eigenvalue weighted by Crippen LogP contribution is 2.39. The van der Waals surface area contributed by atoms with E-state index in [2.05, 4.69) is 0 Å². The molecule has 8 heteroatoms. The van der Waals surface area contributed by atoms with E-state index in [1.807, 2.05) is 0 Å². The molecule has 2 aromatic rings. The first-order chi connectivity index (χ1) is 14.4. The van der Waals surface area contributed by atoms with Gasteiger partial charge in [-0.05, 0) is 43.9 Å². The van der Waals surface area contributed by atoms with Crippen LogP contribution in [0.1, 0.15) is 36.0 Å². The van der Waals surface area contributed by atoms with Crippen molar-refractivity contribution in [3.8, 4) is 5.75 Å². The number of carbonyl (C=O) groups is 3. The molecular weight excluding hydrogens is 416 g/mol. The Kier molecular flexibility index (Phi) is 5.39. The Labute approximate surface area is 175 Å². The molecule has 0 atom stereocenters. The van der Waals surface area contributed by atoms with Gasteiger partial charge in [-0.3, -0.25) is 14.4 Å². The van der Waals surface area contributed by atoms with Crippen molar-refractivity contribution in [1.29, 1.82) is 0 Å². The molecule has 0 N–H and O–H groups in total. The number of anilines is 1. The lowest BCUT2D eigenvalue weighted by molar-refractivity contribution is -0.120. The van der Waals surface area contributed by atoms with E-state index in [0.29, 0.717) is 24.0 Å². The number of amides is 2. The van der Waals surface area contributed by atoms with E-state index in [9.17, 15) is 23.2 Å². The minimum atomic E-state index is -0.856. The zero-order chi connectivity index (χ0) is 21.4. The highest BCUT2D eigenvalue weighted by atomic mass is 35.5. The monoisotopic (exact) mass is 431 g/mol. The number of imide groups is 1. The summed E-state index contributed by atoms with van der Waals surface area (Å²) in [5.41, 5.74) is 0.668. The maximum atomic E-state index is 14.6. The summed E-state index contributed by atoms with van der Waals surface area (Å²) in [5.74, 6) is -3.09. The second-order valence-corrected chi connectivity index (χ2v) is 7.47. The van der Waals surface area contributed by atoms with Crippen LogP contribution in [0.3, 0.4) is 0 Å². The van der Waals surface area contributed by atoms with E-state index in [1.54, 1.807) is 0 Å². The number of nitrogens with zero attached hydrogens (tertiary/aromatic N) is 1. The fraction of sp³-hybridized carbons (Fsp3) is 0.227. The van der Waals surface area contributed by atoms with Gasteiger partial charge in [-0.25, -0.2) is 13.7 Å². The van der Waals surface area contributed by atoms with Crippen LogP contribution in [0.15, 0.2) is 47.5 Å². The molecule has 0 bridgehead atoms. The van der Waals surface area contributed by atoms with Crippen LogP contribution in [0.5, 0.6) is 5.75 Å². The molecule has 30 heavy (non-hydrogen) atoms. The summed E-state index contributed by atoms with van der Waals surface area (Å²) < 4.78 is 33.3. The van der Waals surface area contributed by atoms with E-state index >= 15 is 0 Å². The molecule has 0 saturated heterocycles. The molecule has 1 aliphatic heterocycles. The average Bonchev–Trinajstić information content (AvgIpc) is 2.98. The van der Waals surface area contributed by atoms with Crippen molar-refractivity contribution in [2.45, 2.75) is 25.7 Å². The largest absolute Gasteiger partial charge is 0.484 e. The highest BCUT2D eigenvalue weighted by molar-refractivity contribution is 6.34. The smallest absolute Gasteiger partial charge is 0.261 e. The normalized spacial score (nSPS) is 16.2. The highest BCUT2D eigenvalue weighted by Gasteiger charge is 2.41. The number of hydrogen-bond acceptors (Lipinski definition) is 4. The standard InChI is InChI=1S/C22H16ClF2NO4/c23-16-9-17(25)18(26-21(28)14-6-1-2-7-15(14)22(26)29)10-20(16)30-11-19(27)12-4-3-5-13(24)8-12/h3-5,8-10H,1-2,6-7,11H2. The van der Waals surface area contributed by atoms with Crippen LogP contribution in [0, 0.1) is 11.6 Å². The van der Waals surface area contributed by atoms with Gasteiger partial charge < -0.3 is 4.74 Å². The SMILES string of the molecule is O=C(COc1cc(N2C(=O)C3=C(CCCC3)C2=O)c(F)cc1Cl)c1cccc(F)c1. The first-order valence-electron chi connectivity index (χ1n) is 9.38. The van der Waals surface area contributed by atoms with E-state index in [4.69, 9.17) is 16.3 Å². The molecular formula is C22H16ClF2NO4. The number of Topliss-reactive ketones (excluding diaryl/α,β-unsaturated/α-hetero) is 1. The molecule has 0 unspecified atom stereocenters. The summed E-state index contributed by atoms with van der Waals surface area (Å²) in [5, 5.41) is -0.125. The van der Waals surface area contributed by atoms with Crippen molar-refractivity contribution >= 4 is 34.9 Å². The van der Waals surface area contributed by atoms with Crippen LogP contribution in [-0.2, 0) is 9.59 Å². The summed E-state index contributed by atoms with van der Waals surface area (Å²) >= 11 is 6.02. The lowest BCUT2D eigenvalue weighted by atomic mass is 9.93. The number of halogens is 3. The molecule has 0 saturated carbocycles. The Morgan fingerprint density at radius 1 is 1.03 bits per heavy atom. The molecule has 5 nitrogen and oxygen atoms in total. The third kappa shape index (κ3) is 3.61. The van der Waals surface area contributed by atoms with Crippen molar-refractivity contribution in [2.75, 3.05) is 11.5 Å². The Bertz CT molecular complexity index is 1080. The fourth-order valence-corrected chi connectivity index (χ4v) is 3.85. The summed E-state index contributed by atoms with van der Waals surface area (Å²) in [6.45, 7) is -0.481. The number of ether oxygens (including phenoxy) is 1. The van der Waals surface area contributed by atoms with Crippen molar-refractivity contribution in [1.82, 2.24) is 0 Å². The van der Waals surface area contributed by atoms with Gasteiger partial charge in [-0.15, -0.1) is 0 Å². The molecule has 2 amide bonds. The van der Waals surface area contributed by atoms with Crippen molar-refractivity contribution < 1.29 is 27.9 Å². The van der Waals surface area contributed by atoms with Crippen molar-refractivity contribution in [3.63, 3.8) is 0 Å². The van der Waals surface area contributed by atoms with Crippen LogP contribution in [0.2, 0.25) is 5.02 Å². The first-order valence-corrected chi connectivity index (χ1v) is 9.76. The van der Waals surface area contributed by atoms with Gasteiger partial charge in [0.2, 0.25) is 0 Å². The van der Waals surface area contributed by atoms with Crippen molar-refractivity contribution in [2.24, 2.45) is 0 Å². The first kappa shape index (κ1) is 20.2. The molecule has 0 spiro atoms. The average molecular weight is 432 g/mol. The Hall–Kier alpha value is -3.06. The maximum Gasteiger partial charge on any atom is 0.261 e. The molecule has 2 aliphatic rings. The minimum absolute atomic E-state index is 0.0664. The second-order valence-electron chi connectivity index (χ2n) is 7.07. The summed E-state index contributed by atoms with van der Waals surface area (Å²) in [4.78, 5) is 38.4. The molecule has 0 aromatic heterocycles.